The molecule has 1 fully saturated rings. The van der Waals surface area contributed by atoms with Crippen LogP contribution in [-0.4, -0.2) is 45.8 Å². The van der Waals surface area contributed by atoms with Gasteiger partial charge < -0.3 is 15.1 Å². The van der Waals surface area contributed by atoms with E-state index in [-0.39, 0.29) is 0 Å². The molecule has 1 heterocycles. The number of piperidine rings is 1. The van der Waals surface area contributed by atoms with Crippen molar-refractivity contribution >= 4 is 5.97 Å². The number of carboxylic acids is 1. The van der Waals surface area contributed by atoms with Gasteiger partial charge in [-0.25, -0.2) is 0 Å². The maximum Gasteiger partial charge on any atom is 0.309 e. The molecule has 0 saturated carbocycles. The topological polar surface area (TPSA) is 60.8 Å². The molecule has 0 aromatic carbocycles. The SMILES string of the molecule is CCCCC(C(=O)O)C1(O)CCN(C(C)C)CC1. The van der Waals surface area contributed by atoms with E-state index in [9.17, 15) is 15.0 Å². The Balaban J connectivity index is 2.64. The lowest BCUT2D eigenvalue weighted by atomic mass is 9.77. The normalized spacial score (nSPS) is 22.1. The van der Waals surface area contributed by atoms with Gasteiger partial charge in [-0.2, -0.15) is 0 Å². The van der Waals surface area contributed by atoms with Gasteiger partial charge in [-0.05, 0) is 33.1 Å². The highest BCUT2D eigenvalue weighted by molar-refractivity contribution is 5.71. The first kappa shape index (κ1) is 15.4. The van der Waals surface area contributed by atoms with Gasteiger partial charge in [0.2, 0.25) is 0 Å². The van der Waals surface area contributed by atoms with E-state index >= 15 is 0 Å². The second-order valence-corrected chi connectivity index (χ2v) is 5.77. The molecule has 0 bridgehead atoms. The Morgan fingerprint density at radius 1 is 1.33 bits per heavy atom. The second-order valence-electron chi connectivity index (χ2n) is 5.77. The number of unbranched alkanes of at least 4 members (excludes halogenated alkanes) is 1. The number of aliphatic carboxylic acids is 1. The zero-order valence-corrected chi connectivity index (χ0v) is 11.9. The van der Waals surface area contributed by atoms with Crippen molar-refractivity contribution in [3.8, 4) is 0 Å². The molecular weight excluding hydrogens is 230 g/mol. The lowest BCUT2D eigenvalue weighted by Gasteiger charge is -2.42. The molecule has 1 saturated heterocycles. The molecule has 4 nitrogen and oxygen atoms in total. The molecule has 0 aliphatic carbocycles. The maximum absolute atomic E-state index is 11.4. The van der Waals surface area contributed by atoms with E-state index in [0.717, 1.165) is 25.9 Å². The summed E-state index contributed by atoms with van der Waals surface area (Å²) in [5.74, 6) is -1.45. The fourth-order valence-electron chi connectivity index (χ4n) is 2.81. The summed E-state index contributed by atoms with van der Waals surface area (Å²) in [4.78, 5) is 13.7. The van der Waals surface area contributed by atoms with Gasteiger partial charge in [0.25, 0.3) is 0 Å². The molecule has 18 heavy (non-hydrogen) atoms. The minimum Gasteiger partial charge on any atom is -0.481 e. The zero-order chi connectivity index (χ0) is 13.8. The van der Waals surface area contributed by atoms with Crippen LogP contribution in [0.5, 0.6) is 0 Å². The highest BCUT2D eigenvalue weighted by Crippen LogP contribution is 2.33. The Kier molecular flexibility index (Phi) is 5.60. The number of hydrogen-bond acceptors (Lipinski definition) is 3. The maximum atomic E-state index is 11.4. The molecular formula is C14H27NO3. The van der Waals surface area contributed by atoms with Gasteiger partial charge >= 0.3 is 5.97 Å². The van der Waals surface area contributed by atoms with Crippen LogP contribution in [0.25, 0.3) is 0 Å². The van der Waals surface area contributed by atoms with Crippen LogP contribution in [-0.2, 0) is 4.79 Å². The van der Waals surface area contributed by atoms with Crippen LogP contribution in [0.1, 0.15) is 52.9 Å². The smallest absolute Gasteiger partial charge is 0.309 e. The van der Waals surface area contributed by atoms with Crippen molar-refractivity contribution in [3.63, 3.8) is 0 Å². The Morgan fingerprint density at radius 2 is 1.89 bits per heavy atom. The molecule has 0 aromatic rings. The molecule has 0 spiro atoms. The third-order valence-corrected chi connectivity index (χ3v) is 4.19. The van der Waals surface area contributed by atoms with Gasteiger partial charge in [0.05, 0.1) is 11.5 Å². The first-order valence-electron chi connectivity index (χ1n) is 7.10. The van der Waals surface area contributed by atoms with E-state index in [1.54, 1.807) is 0 Å². The predicted octanol–water partition coefficient (Wildman–Crippen LogP) is 2.11. The highest BCUT2D eigenvalue weighted by Gasteiger charge is 2.43. The van der Waals surface area contributed by atoms with Crippen LogP contribution >= 0.6 is 0 Å². The van der Waals surface area contributed by atoms with E-state index in [2.05, 4.69) is 18.7 Å². The van der Waals surface area contributed by atoms with Crippen LogP contribution in [0.4, 0.5) is 0 Å². The number of aliphatic hydroxyl groups is 1. The summed E-state index contributed by atoms with van der Waals surface area (Å²) in [5.41, 5.74) is -1.01. The van der Waals surface area contributed by atoms with Crippen molar-refractivity contribution in [2.45, 2.75) is 64.5 Å². The first-order chi connectivity index (χ1) is 8.40. The summed E-state index contributed by atoms with van der Waals surface area (Å²) < 4.78 is 0. The van der Waals surface area contributed by atoms with Gasteiger partial charge in [0.1, 0.15) is 0 Å². The van der Waals surface area contributed by atoms with Crippen molar-refractivity contribution in [2.75, 3.05) is 13.1 Å². The number of hydrogen-bond donors (Lipinski definition) is 2. The molecule has 0 radical (unpaired) electrons. The van der Waals surface area contributed by atoms with Gasteiger partial charge in [-0.3, -0.25) is 4.79 Å². The Morgan fingerprint density at radius 3 is 2.28 bits per heavy atom. The predicted molar refractivity (Wildman–Crippen MR) is 71.5 cm³/mol. The quantitative estimate of drug-likeness (QED) is 0.765. The third-order valence-electron chi connectivity index (χ3n) is 4.19. The average Bonchev–Trinajstić information content (AvgIpc) is 2.29. The summed E-state index contributed by atoms with van der Waals surface area (Å²) in [6, 6.07) is 0.466. The van der Waals surface area contributed by atoms with Crippen molar-refractivity contribution in [2.24, 2.45) is 5.92 Å². The second kappa shape index (κ2) is 6.53. The Bertz CT molecular complexity index is 270. The Labute approximate surface area is 110 Å². The number of carbonyl (C=O) groups is 1. The van der Waals surface area contributed by atoms with Crippen LogP contribution in [0.15, 0.2) is 0 Å². The molecule has 1 atom stereocenters. The molecule has 1 aliphatic heterocycles. The van der Waals surface area contributed by atoms with Gasteiger partial charge in [-0.1, -0.05) is 19.8 Å². The molecule has 1 aliphatic rings. The van der Waals surface area contributed by atoms with Crippen LogP contribution in [0.3, 0.4) is 0 Å². The van der Waals surface area contributed by atoms with Crippen molar-refractivity contribution in [3.05, 3.63) is 0 Å². The minimum absolute atomic E-state index is 0.466. The standard InChI is InChI=1S/C14H27NO3/c1-4-5-6-12(13(16)17)14(18)7-9-15(10-8-14)11(2)3/h11-12,18H,4-10H2,1-3H3,(H,16,17). The molecule has 1 rings (SSSR count). The van der Waals surface area contributed by atoms with Crippen molar-refractivity contribution in [1.29, 1.82) is 0 Å². The van der Waals surface area contributed by atoms with E-state index in [4.69, 9.17) is 0 Å². The summed E-state index contributed by atoms with van der Waals surface area (Å²) >= 11 is 0. The average molecular weight is 257 g/mol. The van der Waals surface area contributed by atoms with Gasteiger partial charge in [0, 0.05) is 19.1 Å². The fourth-order valence-corrected chi connectivity index (χ4v) is 2.81. The van der Waals surface area contributed by atoms with Crippen LogP contribution in [0.2, 0.25) is 0 Å². The largest absolute Gasteiger partial charge is 0.481 e. The number of carboxylic acid groups (broad SMARTS) is 1. The van der Waals surface area contributed by atoms with E-state index in [1.807, 2.05) is 6.92 Å². The third kappa shape index (κ3) is 3.69. The summed E-state index contributed by atoms with van der Waals surface area (Å²) in [7, 11) is 0. The first-order valence-corrected chi connectivity index (χ1v) is 7.10. The van der Waals surface area contributed by atoms with Crippen molar-refractivity contribution < 1.29 is 15.0 Å². The summed E-state index contributed by atoms with van der Waals surface area (Å²) in [6.07, 6.45) is 3.58. The molecule has 0 aromatic heterocycles. The minimum atomic E-state index is -1.01. The number of rotatable bonds is 6. The molecule has 106 valence electrons. The monoisotopic (exact) mass is 257 g/mol. The van der Waals surface area contributed by atoms with E-state index in [0.29, 0.717) is 25.3 Å². The van der Waals surface area contributed by atoms with E-state index in [1.165, 1.54) is 0 Å². The van der Waals surface area contributed by atoms with Crippen molar-refractivity contribution in [1.82, 2.24) is 4.90 Å². The number of nitrogens with zero attached hydrogens (tertiary/aromatic N) is 1. The fraction of sp³-hybridized carbons (Fsp3) is 0.929. The molecule has 0 amide bonds. The molecule has 1 unspecified atom stereocenters. The lowest BCUT2D eigenvalue weighted by Crippen LogP contribution is -2.52. The van der Waals surface area contributed by atoms with Gasteiger partial charge in [-0.15, -0.1) is 0 Å². The lowest BCUT2D eigenvalue weighted by molar-refractivity contribution is -0.157. The summed E-state index contributed by atoms with van der Waals surface area (Å²) in [5, 5.41) is 19.9. The zero-order valence-electron chi connectivity index (χ0n) is 11.9. The highest BCUT2D eigenvalue weighted by atomic mass is 16.4. The van der Waals surface area contributed by atoms with Crippen LogP contribution in [0, 0.1) is 5.92 Å². The number of likely N-dealkylation sites (tertiary alicyclic amines) is 1. The van der Waals surface area contributed by atoms with Gasteiger partial charge in [0.15, 0.2) is 0 Å². The summed E-state index contributed by atoms with van der Waals surface area (Å²) in [6.45, 7) is 7.91. The molecule has 2 N–H and O–H groups in total. The van der Waals surface area contributed by atoms with Crippen LogP contribution < -0.4 is 0 Å². The van der Waals surface area contributed by atoms with E-state index < -0.39 is 17.5 Å². The Hall–Kier alpha value is -0.610. The molecule has 4 heteroatoms.